The van der Waals surface area contributed by atoms with Crippen molar-refractivity contribution in [1.82, 2.24) is 9.55 Å². The number of nitrogens with zero attached hydrogens (tertiary/aromatic N) is 2. The van der Waals surface area contributed by atoms with Crippen LogP contribution >= 0.6 is 0 Å². The van der Waals surface area contributed by atoms with E-state index in [4.69, 9.17) is 0 Å². The van der Waals surface area contributed by atoms with E-state index < -0.39 is 12.2 Å². The number of rotatable bonds is 2. The van der Waals surface area contributed by atoms with Crippen LogP contribution in [0.25, 0.3) is 11.0 Å². The van der Waals surface area contributed by atoms with E-state index in [2.05, 4.69) is 4.98 Å². The summed E-state index contributed by atoms with van der Waals surface area (Å²) in [4.78, 5) is 15.4. The van der Waals surface area contributed by atoms with E-state index in [9.17, 15) is 18.0 Å². The van der Waals surface area contributed by atoms with Crippen LogP contribution in [0.3, 0.4) is 0 Å². The minimum Gasteiger partial charge on any atom is -0.320 e. The molecular formula is C12H11F3N2O. The van der Waals surface area contributed by atoms with Crippen LogP contribution in [-0.2, 0) is 0 Å². The fraction of sp³-hybridized carbons (Fsp3) is 0.333. The first-order chi connectivity index (χ1) is 8.45. The molecule has 0 spiro atoms. The Kier molecular flexibility index (Phi) is 3.11. The molecule has 0 N–H and O–H groups in total. The van der Waals surface area contributed by atoms with Gasteiger partial charge in [0, 0.05) is 18.5 Å². The van der Waals surface area contributed by atoms with Crippen molar-refractivity contribution in [2.75, 3.05) is 0 Å². The maximum Gasteiger partial charge on any atom is 0.409 e. The molecule has 0 bridgehead atoms. The minimum absolute atomic E-state index is 0.0641. The molecule has 0 unspecified atom stereocenters. The standard InChI is InChI=1S/C12H11F3N2O/c1-2-10(12(13,14)15)17-7-5-9(18)8-4-3-6-16-11(8)17/h3-7,10H,2H2,1H3/t10-/m0/s1. The smallest absolute Gasteiger partial charge is 0.320 e. The Morgan fingerprint density at radius 1 is 1.39 bits per heavy atom. The second kappa shape index (κ2) is 4.44. The van der Waals surface area contributed by atoms with Gasteiger partial charge in [-0.25, -0.2) is 4.98 Å². The van der Waals surface area contributed by atoms with Gasteiger partial charge in [-0.2, -0.15) is 13.2 Å². The Morgan fingerprint density at radius 3 is 2.72 bits per heavy atom. The molecule has 18 heavy (non-hydrogen) atoms. The predicted octanol–water partition coefficient (Wildman–Crippen LogP) is 2.91. The summed E-state index contributed by atoms with van der Waals surface area (Å²) in [6.45, 7) is 1.45. The van der Waals surface area contributed by atoms with E-state index in [1.165, 1.54) is 25.3 Å². The molecule has 0 amide bonds. The third-order valence-corrected chi connectivity index (χ3v) is 2.78. The maximum absolute atomic E-state index is 12.9. The third-order valence-electron chi connectivity index (χ3n) is 2.78. The van der Waals surface area contributed by atoms with E-state index in [-0.39, 0.29) is 22.9 Å². The van der Waals surface area contributed by atoms with Crippen molar-refractivity contribution in [3.8, 4) is 0 Å². The normalized spacial score (nSPS) is 13.8. The number of fused-ring (bicyclic) bond motifs is 1. The highest BCUT2D eigenvalue weighted by molar-refractivity contribution is 5.74. The van der Waals surface area contributed by atoms with Crippen molar-refractivity contribution < 1.29 is 13.2 Å². The fourth-order valence-corrected chi connectivity index (χ4v) is 1.94. The summed E-state index contributed by atoms with van der Waals surface area (Å²) in [5.41, 5.74) is -0.263. The van der Waals surface area contributed by atoms with Crippen molar-refractivity contribution in [2.45, 2.75) is 25.6 Å². The number of pyridine rings is 2. The molecular weight excluding hydrogens is 245 g/mol. The van der Waals surface area contributed by atoms with Crippen molar-refractivity contribution in [3.05, 3.63) is 40.8 Å². The Balaban J connectivity index is 2.72. The van der Waals surface area contributed by atoms with Gasteiger partial charge in [0.1, 0.15) is 11.7 Å². The van der Waals surface area contributed by atoms with Crippen LogP contribution in [0.4, 0.5) is 13.2 Å². The van der Waals surface area contributed by atoms with E-state index in [1.54, 1.807) is 0 Å². The molecule has 0 fully saturated rings. The zero-order valence-corrected chi connectivity index (χ0v) is 9.61. The molecule has 0 radical (unpaired) electrons. The molecule has 2 rings (SSSR count). The lowest BCUT2D eigenvalue weighted by atomic mass is 10.2. The molecule has 0 aliphatic heterocycles. The molecule has 2 aromatic heterocycles. The van der Waals surface area contributed by atoms with E-state index in [0.29, 0.717) is 0 Å². The van der Waals surface area contributed by atoms with E-state index in [0.717, 1.165) is 16.8 Å². The van der Waals surface area contributed by atoms with Gasteiger partial charge in [0.25, 0.3) is 0 Å². The van der Waals surface area contributed by atoms with Crippen LogP contribution < -0.4 is 5.43 Å². The van der Waals surface area contributed by atoms with Crippen LogP contribution in [0.2, 0.25) is 0 Å². The molecule has 3 nitrogen and oxygen atoms in total. The summed E-state index contributed by atoms with van der Waals surface area (Å²) >= 11 is 0. The highest BCUT2D eigenvalue weighted by atomic mass is 19.4. The number of hydrogen-bond donors (Lipinski definition) is 0. The molecule has 1 atom stereocenters. The summed E-state index contributed by atoms with van der Waals surface area (Å²) in [5.74, 6) is 0. The topological polar surface area (TPSA) is 34.9 Å². The van der Waals surface area contributed by atoms with Gasteiger partial charge in [0.2, 0.25) is 0 Å². The van der Waals surface area contributed by atoms with Crippen LogP contribution in [0, 0.1) is 0 Å². The Bertz CT molecular complexity index is 618. The van der Waals surface area contributed by atoms with Crippen molar-refractivity contribution in [2.24, 2.45) is 0 Å². The molecule has 6 heteroatoms. The lowest BCUT2D eigenvalue weighted by Crippen LogP contribution is -2.27. The molecule has 0 aliphatic rings. The first-order valence-electron chi connectivity index (χ1n) is 5.47. The van der Waals surface area contributed by atoms with Crippen molar-refractivity contribution in [1.29, 1.82) is 0 Å². The average Bonchev–Trinajstić information content (AvgIpc) is 2.32. The van der Waals surface area contributed by atoms with Crippen LogP contribution in [-0.4, -0.2) is 15.7 Å². The summed E-state index contributed by atoms with van der Waals surface area (Å²) in [7, 11) is 0. The largest absolute Gasteiger partial charge is 0.409 e. The highest BCUT2D eigenvalue weighted by Gasteiger charge is 2.40. The van der Waals surface area contributed by atoms with Gasteiger partial charge in [-0.05, 0) is 18.6 Å². The lowest BCUT2D eigenvalue weighted by molar-refractivity contribution is -0.167. The van der Waals surface area contributed by atoms with Gasteiger partial charge in [-0.1, -0.05) is 6.92 Å². The molecule has 0 aromatic carbocycles. The van der Waals surface area contributed by atoms with Crippen LogP contribution in [0.5, 0.6) is 0 Å². The Morgan fingerprint density at radius 2 is 2.11 bits per heavy atom. The Hall–Kier alpha value is -1.85. The van der Waals surface area contributed by atoms with E-state index >= 15 is 0 Å². The van der Waals surface area contributed by atoms with Gasteiger partial charge in [0.15, 0.2) is 5.43 Å². The lowest BCUT2D eigenvalue weighted by Gasteiger charge is -2.22. The molecule has 0 aliphatic carbocycles. The minimum atomic E-state index is -4.37. The van der Waals surface area contributed by atoms with Gasteiger partial charge in [-0.3, -0.25) is 4.79 Å². The average molecular weight is 256 g/mol. The number of alkyl halides is 3. The van der Waals surface area contributed by atoms with Crippen LogP contribution in [0.15, 0.2) is 35.4 Å². The fourth-order valence-electron chi connectivity index (χ4n) is 1.94. The molecule has 0 saturated heterocycles. The highest BCUT2D eigenvalue weighted by Crippen LogP contribution is 2.33. The molecule has 0 saturated carbocycles. The summed E-state index contributed by atoms with van der Waals surface area (Å²) in [5, 5.41) is 0.197. The predicted molar refractivity (Wildman–Crippen MR) is 61.4 cm³/mol. The second-order valence-electron chi connectivity index (χ2n) is 3.93. The zero-order chi connectivity index (χ0) is 13.3. The van der Waals surface area contributed by atoms with Crippen LogP contribution in [0.1, 0.15) is 19.4 Å². The first kappa shape index (κ1) is 12.6. The second-order valence-corrected chi connectivity index (χ2v) is 3.93. The zero-order valence-electron chi connectivity index (χ0n) is 9.61. The quantitative estimate of drug-likeness (QED) is 0.828. The molecule has 2 heterocycles. The first-order valence-corrected chi connectivity index (χ1v) is 5.47. The number of aromatic nitrogens is 2. The summed E-state index contributed by atoms with van der Waals surface area (Å²) in [6, 6.07) is 2.47. The van der Waals surface area contributed by atoms with Gasteiger partial charge >= 0.3 is 6.18 Å². The monoisotopic (exact) mass is 256 g/mol. The Labute approximate surface area is 101 Å². The van der Waals surface area contributed by atoms with Gasteiger partial charge in [-0.15, -0.1) is 0 Å². The third kappa shape index (κ3) is 2.10. The summed E-state index contributed by atoms with van der Waals surface area (Å²) < 4.78 is 39.7. The van der Waals surface area contributed by atoms with Gasteiger partial charge < -0.3 is 4.57 Å². The SMILES string of the molecule is CC[C@H](n1ccc(=O)c2cccnc21)C(F)(F)F. The van der Waals surface area contributed by atoms with Crippen molar-refractivity contribution in [3.63, 3.8) is 0 Å². The number of hydrogen-bond acceptors (Lipinski definition) is 2. The van der Waals surface area contributed by atoms with E-state index in [1.807, 2.05) is 0 Å². The summed E-state index contributed by atoms with van der Waals surface area (Å²) in [6.07, 6.45) is -1.95. The molecule has 2 aromatic rings. The number of halogens is 3. The van der Waals surface area contributed by atoms with Crippen molar-refractivity contribution >= 4 is 11.0 Å². The van der Waals surface area contributed by atoms with Gasteiger partial charge in [0.05, 0.1) is 5.39 Å². The molecule has 96 valence electrons. The maximum atomic E-state index is 12.9.